The molecule has 0 aliphatic heterocycles. The first-order valence-electron chi connectivity index (χ1n) is 14.6. The minimum atomic E-state index is 0. The van der Waals surface area contributed by atoms with Crippen LogP contribution in [0.5, 0.6) is 0 Å². The summed E-state index contributed by atoms with van der Waals surface area (Å²) in [5, 5.41) is 25.5. The van der Waals surface area contributed by atoms with E-state index in [0.29, 0.717) is 11.7 Å². The van der Waals surface area contributed by atoms with Gasteiger partial charge in [0.15, 0.2) is 11.7 Å². The standard InChI is InChI=1S/2C19H15N4.Cu/c2*1-4-10-16(11-5-1)19(22-20-17-12-6-2-7-13-17)23-21-18-14-8-3-9-15-18;/h2*1-15H;/q2*-1;+2/b2*22-19-,23-21?;. The van der Waals surface area contributed by atoms with Gasteiger partial charge in [-0.25, -0.2) is 0 Å². The van der Waals surface area contributed by atoms with E-state index < -0.39 is 0 Å². The Kier molecular flexibility index (Phi) is 14.0. The summed E-state index contributed by atoms with van der Waals surface area (Å²) in [4.78, 5) is 0. The second kappa shape index (κ2) is 19.4. The Morgan fingerprint density at radius 1 is 0.340 bits per heavy atom. The molecule has 0 heterocycles. The molecular weight excluding hydrogens is 632 g/mol. The van der Waals surface area contributed by atoms with Crippen molar-refractivity contribution in [2.75, 3.05) is 0 Å². The fourth-order valence-electron chi connectivity index (χ4n) is 3.84. The van der Waals surface area contributed by atoms with E-state index in [-0.39, 0.29) is 17.1 Å². The summed E-state index contributed by atoms with van der Waals surface area (Å²) in [5.41, 5.74) is 13.3. The molecule has 0 amide bonds. The average molecular weight is 662 g/mol. The number of hydrogen-bond donors (Lipinski definition) is 0. The van der Waals surface area contributed by atoms with Crippen LogP contribution < -0.4 is 0 Å². The third kappa shape index (κ3) is 11.8. The maximum atomic E-state index is 4.26. The second-order valence-corrected chi connectivity index (χ2v) is 9.52. The van der Waals surface area contributed by atoms with Crippen LogP contribution in [0.3, 0.4) is 0 Å². The van der Waals surface area contributed by atoms with Crippen molar-refractivity contribution in [3.05, 3.63) is 204 Å². The van der Waals surface area contributed by atoms with E-state index >= 15 is 0 Å². The Balaban J connectivity index is 0.000000208. The van der Waals surface area contributed by atoms with Gasteiger partial charge in [-0.1, -0.05) is 158 Å². The maximum Gasteiger partial charge on any atom is 2.00 e. The molecule has 47 heavy (non-hydrogen) atoms. The van der Waals surface area contributed by atoms with E-state index in [1.165, 1.54) is 0 Å². The third-order valence-corrected chi connectivity index (χ3v) is 6.13. The summed E-state index contributed by atoms with van der Waals surface area (Å²) in [6, 6.07) is 57.6. The van der Waals surface area contributed by atoms with E-state index in [9.17, 15) is 0 Å². The van der Waals surface area contributed by atoms with Crippen LogP contribution in [0.4, 0.5) is 22.7 Å². The van der Waals surface area contributed by atoms with Gasteiger partial charge < -0.3 is 21.1 Å². The van der Waals surface area contributed by atoms with E-state index in [0.717, 1.165) is 33.9 Å². The summed E-state index contributed by atoms with van der Waals surface area (Å²) >= 11 is 0. The summed E-state index contributed by atoms with van der Waals surface area (Å²) in [6.07, 6.45) is 0. The normalized spacial score (nSPS) is 11.3. The number of hydrogen-bond acceptors (Lipinski definition) is 4. The van der Waals surface area contributed by atoms with Crippen LogP contribution in [0.25, 0.3) is 10.9 Å². The summed E-state index contributed by atoms with van der Waals surface area (Å²) in [6.45, 7) is 0. The van der Waals surface area contributed by atoms with Gasteiger partial charge in [-0.3, -0.25) is 0 Å². The minimum Gasteiger partial charge on any atom is -0.574 e. The fraction of sp³-hybridized carbons (Fsp3) is 0. The first kappa shape index (κ1) is 33.9. The molecule has 0 spiro atoms. The Labute approximate surface area is 285 Å². The number of rotatable bonds is 8. The first-order chi connectivity index (χ1) is 22.8. The van der Waals surface area contributed by atoms with E-state index in [1.807, 2.05) is 182 Å². The molecule has 0 unspecified atom stereocenters. The molecule has 6 aromatic rings. The van der Waals surface area contributed by atoms with E-state index in [1.54, 1.807) is 0 Å². The molecule has 0 aliphatic rings. The molecule has 8 nitrogen and oxygen atoms in total. The molecule has 0 aliphatic carbocycles. The quantitative estimate of drug-likeness (QED) is 0.0509. The largest absolute Gasteiger partial charge is 2.00 e. The molecule has 9 heteroatoms. The van der Waals surface area contributed by atoms with Gasteiger partial charge in [0.25, 0.3) is 0 Å². The van der Waals surface area contributed by atoms with Crippen LogP contribution in [-0.4, -0.2) is 11.7 Å². The molecule has 0 bridgehead atoms. The maximum absolute atomic E-state index is 4.26. The van der Waals surface area contributed by atoms with Gasteiger partial charge in [0.1, 0.15) is 0 Å². The van der Waals surface area contributed by atoms with Crippen LogP contribution in [0.15, 0.2) is 213 Å². The van der Waals surface area contributed by atoms with Crippen molar-refractivity contribution in [3.63, 3.8) is 0 Å². The summed E-state index contributed by atoms with van der Waals surface area (Å²) in [5.74, 6) is 0.941. The fourth-order valence-corrected chi connectivity index (χ4v) is 3.84. The topological polar surface area (TPSA) is 102 Å². The Hall–Kier alpha value is -6.02. The Morgan fingerprint density at radius 3 is 0.936 bits per heavy atom. The number of benzene rings is 6. The van der Waals surface area contributed by atoms with Crippen LogP contribution in [0.1, 0.15) is 11.1 Å². The van der Waals surface area contributed by atoms with Crippen LogP contribution >= 0.6 is 0 Å². The van der Waals surface area contributed by atoms with Crippen molar-refractivity contribution in [2.24, 2.45) is 30.7 Å². The molecule has 0 saturated heterocycles. The van der Waals surface area contributed by atoms with Crippen molar-refractivity contribution in [1.82, 2.24) is 0 Å². The average Bonchev–Trinajstić information content (AvgIpc) is 3.14. The monoisotopic (exact) mass is 661 g/mol. The number of azo groups is 2. The molecule has 6 aromatic carbocycles. The van der Waals surface area contributed by atoms with Crippen molar-refractivity contribution in [2.45, 2.75) is 0 Å². The van der Waals surface area contributed by atoms with Gasteiger partial charge in [-0.2, -0.15) is 0 Å². The molecule has 233 valence electrons. The minimum absolute atomic E-state index is 0. The predicted octanol–water partition coefficient (Wildman–Crippen LogP) is 11.7. The second-order valence-electron chi connectivity index (χ2n) is 9.52. The predicted molar refractivity (Wildman–Crippen MR) is 187 cm³/mol. The molecule has 1 radical (unpaired) electrons. The van der Waals surface area contributed by atoms with E-state index in [2.05, 4.69) is 41.5 Å². The van der Waals surface area contributed by atoms with Crippen molar-refractivity contribution in [3.8, 4) is 0 Å². The zero-order chi connectivity index (χ0) is 31.5. The van der Waals surface area contributed by atoms with Crippen LogP contribution in [-0.2, 0) is 17.1 Å². The van der Waals surface area contributed by atoms with Crippen molar-refractivity contribution >= 4 is 34.4 Å². The molecule has 0 aromatic heterocycles. The van der Waals surface area contributed by atoms with Gasteiger partial charge in [0.05, 0.1) is 11.4 Å². The van der Waals surface area contributed by atoms with Crippen LogP contribution in [0, 0.1) is 0 Å². The zero-order valence-corrected chi connectivity index (χ0v) is 26.1. The molecule has 0 fully saturated rings. The Bertz CT molecular complexity index is 1710. The first-order valence-corrected chi connectivity index (χ1v) is 14.6. The SMILES string of the molecule is [Cu+2].c1ccc(N=N/C(=N\[N-]c2ccccc2)c2ccccc2)cc1.c1ccc(N=N/C(=N\[N-]c2ccccc2)c2ccccc2)cc1. The zero-order valence-electron chi connectivity index (χ0n) is 25.2. The van der Waals surface area contributed by atoms with Gasteiger partial charge in [0.2, 0.25) is 0 Å². The molecule has 0 saturated carbocycles. The van der Waals surface area contributed by atoms with Gasteiger partial charge in [-0.15, -0.1) is 31.8 Å². The third-order valence-electron chi connectivity index (χ3n) is 6.13. The summed E-state index contributed by atoms with van der Waals surface area (Å²) in [7, 11) is 0. The molecule has 0 N–H and O–H groups in total. The molecule has 6 rings (SSSR count). The van der Waals surface area contributed by atoms with Gasteiger partial charge in [0, 0.05) is 11.1 Å². The van der Waals surface area contributed by atoms with Crippen LogP contribution in [0.2, 0.25) is 0 Å². The number of nitrogens with zero attached hydrogens (tertiary/aromatic N) is 8. The van der Waals surface area contributed by atoms with E-state index in [4.69, 9.17) is 0 Å². The molecular formula is C38H30CuN8. The molecule has 0 atom stereocenters. The van der Waals surface area contributed by atoms with Crippen molar-refractivity contribution in [1.29, 1.82) is 0 Å². The van der Waals surface area contributed by atoms with Crippen molar-refractivity contribution < 1.29 is 17.1 Å². The summed E-state index contributed by atoms with van der Waals surface area (Å²) < 4.78 is 0. The number of amidine groups is 2. The van der Waals surface area contributed by atoms with Gasteiger partial charge >= 0.3 is 17.1 Å². The Morgan fingerprint density at radius 2 is 0.617 bits per heavy atom. The smallest absolute Gasteiger partial charge is 0.574 e. The van der Waals surface area contributed by atoms with Gasteiger partial charge in [-0.05, 0) is 24.3 Å².